The number of hydrogen-bond donors (Lipinski definition) is 0. The second-order valence-corrected chi connectivity index (χ2v) is 5.10. The van der Waals surface area contributed by atoms with Crippen molar-refractivity contribution < 1.29 is 9.26 Å². The Bertz CT molecular complexity index is 595. The zero-order valence-corrected chi connectivity index (χ0v) is 10.9. The van der Waals surface area contributed by atoms with Gasteiger partial charge in [0.05, 0.1) is 17.6 Å². The van der Waals surface area contributed by atoms with E-state index in [2.05, 4.69) is 16.2 Å². The van der Waals surface area contributed by atoms with Crippen molar-refractivity contribution >= 4 is 11.8 Å². The summed E-state index contributed by atoms with van der Waals surface area (Å²) in [4.78, 5) is 4.31. The number of rotatable bonds is 4. The first kappa shape index (κ1) is 12.1. The van der Waals surface area contributed by atoms with E-state index >= 15 is 0 Å². The maximum absolute atomic E-state index is 8.46. The summed E-state index contributed by atoms with van der Waals surface area (Å²) < 4.78 is 10.9. The predicted octanol–water partition coefficient (Wildman–Crippen LogP) is 2.50. The van der Waals surface area contributed by atoms with Crippen molar-refractivity contribution in [3.63, 3.8) is 0 Å². The molecule has 1 atom stereocenters. The van der Waals surface area contributed by atoms with Gasteiger partial charge in [0, 0.05) is 6.42 Å². The molecule has 1 aromatic carbocycles. The lowest BCUT2D eigenvalue weighted by atomic mass is 10.1. The van der Waals surface area contributed by atoms with Gasteiger partial charge in [-0.3, -0.25) is 0 Å². The van der Waals surface area contributed by atoms with Crippen molar-refractivity contribution in [3.05, 3.63) is 41.5 Å². The molecule has 0 saturated carbocycles. The fourth-order valence-electron chi connectivity index (χ4n) is 1.97. The van der Waals surface area contributed by atoms with Crippen LogP contribution >= 0.6 is 11.8 Å². The third-order valence-corrected chi connectivity index (χ3v) is 3.60. The van der Waals surface area contributed by atoms with Crippen molar-refractivity contribution in [3.8, 4) is 11.8 Å². The van der Waals surface area contributed by atoms with Crippen LogP contribution in [-0.2, 0) is 12.2 Å². The fourth-order valence-corrected chi connectivity index (χ4v) is 2.45. The molecule has 0 radical (unpaired) electrons. The van der Waals surface area contributed by atoms with Gasteiger partial charge in [0.2, 0.25) is 11.7 Å². The smallest absolute Gasteiger partial charge is 0.236 e. The Balaban J connectivity index is 1.67. The average molecular weight is 273 g/mol. The highest BCUT2D eigenvalue weighted by Crippen LogP contribution is 2.35. The van der Waals surface area contributed by atoms with Crippen LogP contribution in [0.15, 0.2) is 28.8 Å². The van der Waals surface area contributed by atoms with E-state index in [9.17, 15) is 0 Å². The van der Waals surface area contributed by atoms with Crippen LogP contribution in [0.25, 0.3) is 0 Å². The third-order valence-electron chi connectivity index (χ3n) is 2.81. The number of hydrogen-bond acceptors (Lipinski definition) is 6. The summed E-state index contributed by atoms with van der Waals surface area (Å²) in [5.74, 6) is 2.97. The normalized spacial score (nSPS) is 16.7. The number of aromatic nitrogens is 2. The summed E-state index contributed by atoms with van der Waals surface area (Å²) in [6, 6.07) is 9.98. The van der Waals surface area contributed by atoms with E-state index in [0.717, 1.165) is 17.7 Å². The Morgan fingerprint density at radius 3 is 3.16 bits per heavy atom. The molecule has 96 valence electrons. The molecule has 5 nitrogen and oxygen atoms in total. The Hall–Kier alpha value is -2.00. The van der Waals surface area contributed by atoms with E-state index in [-0.39, 0.29) is 6.10 Å². The molecule has 2 heterocycles. The highest BCUT2D eigenvalue weighted by molar-refractivity contribution is 7.98. The van der Waals surface area contributed by atoms with Gasteiger partial charge in [-0.05, 0) is 11.6 Å². The molecule has 0 amide bonds. The maximum atomic E-state index is 8.46. The molecule has 0 bridgehead atoms. The first-order valence-electron chi connectivity index (χ1n) is 5.88. The lowest BCUT2D eigenvalue weighted by Crippen LogP contribution is -2.05. The van der Waals surface area contributed by atoms with Gasteiger partial charge in [-0.25, -0.2) is 0 Å². The van der Waals surface area contributed by atoms with Crippen LogP contribution in [0.2, 0.25) is 0 Å². The van der Waals surface area contributed by atoms with Crippen molar-refractivity contribution in [2.75, 3.05) is 5.75 Å². The van der Waals surface area contributed by atoms with E-state index in [1.54, 1.807) is 0 Å². The molecule has 0 N–H and O–H groups in total. The predicted molar refractivity (Wildman–Crippen MR) is 69.6 cm³/mol. The number of ether oxygens (including phenoxy) is 1. The van der Waals surface area contributed by atoms with Gasteiger partial charge in [0.1, 0.15) is 5.75 Å². The van der Waals surface area contributed by atoms with Crippen molar-refractivity contribution in [2.45, 2.75) is 18.3 Å². The number of benzene rings is 1. The Morgan fingerprint density at radius 2 is 2.32 bits per heavy atom. The molecule has 0 spiro atoms. The summed E-state index contributed by atoms with van der Waals surface area (Å²) in [5.41, 5.74) is 1.16. The zero-order valence-electron chi connectivity index (χ0n) is 10.1. The van der Waals surface area contributed by atoms with Crippen LogP contribution in [-0.4, -0.2) is 15.9 Å². The van der Waals surface area contributed by atoms with Crippen LogP contribution < -0.4 is 4.74 Å². The standard InChI is InChI=1S/C13H11N3O2S/c14-5-6-19-8-12-15-13(16-18-12)11-7-9-3-1-2-4-10(9)17-11/h1-4,11H,6-8H2. The zero-order chi connectivity index (χ0) is 13.1. The molecule has 2 aromatic rings. The van der Waals surface area contributed by atoms with Gasteiger partial charge in [-0.1, -0.05) is 23.4 Å². The Kier molecular flexibility index (Phi) is 3.38. The fraction of sp³-hybridized carbons (Fsp3) is 0.308. The molecule has 0 fully saturated rings. The first-order chi connectivity index (χ1) is 9.36. The largest absolute Gasteiger partial charge is 0.482 e. The monoisotopic (exact) mass is 273 g/mol. The van der Waals surface area contributed by atoms with E-state index in [1.165, 1.54) is 11.8 Å². The first-order valence-corrected chi connectivity index (χ1v) is 7.04. The highest BCUT2D eigenvalue weighted by atomic mass is 32.2. The van der Waals surface area contributed by atoms with Gasteiger partial charge < -0.3 is 9.26 Å². The number of nitriles is 1. The van der Waals surface area contributed by atoms with Crippen molar-refractivity contribution in [1.82, 2.24) is 10.1 Å². The van der Waals surface area contributed by atoms with Gasteiger partial charge >= 0.3 is 0 Å². The third kappa shape index (κ3) is 2.56. The number of fused-ring (bicyclic) bond motifs is 1. The molecule has 1 aliphatic heterocycles. The SMILES string of the molecule is N#CCSCc1nc(C2Cc3ccccc3O2)no1. The minimum Gasteiger partial charge on any atom is -0.482 e. The molecule has 19 heavy (non-hydrogen) atoms. The second kappa shape index (κ2) is 5.33. The molecule has 1 aliphatic rings. The summed E-state index contributed by atoms with van der Waals surface area (Å²) in [6.45, 7) is 0. The lowest BCUT2D eigenvalue weighted by Gasteiger charge is -2.04. The van der Waals surface area contributed by atoms with Crippen molar-refractivity contribution in [1.29, 1.82) is 5.26 Å². The van der Waals surface area contributed by atoms with Gasteiger partial charge in [-0.15, -0.1) is 11.8 Å². The Morgan fingerprint density at radius 1 is 1.42 bits per heavy atom. The van der Waals surface area contributed by atoms with E-state index < -0.39 is 0 Å². The maximum Gasteiger partial charge on any atom is 0.236 e. The molecule has 1 unspecified atom stereocenters. The molecular formula is C13H11N3O2S. The molecule has 0 aliphatic carbocycles. The number of nitrogens with zero attached hydrogens (tertiary/aromatic N) is 3. The van der Waals surface area contributed by atoms with Crippen LogP contribution in [0, 0.1) is 11.3 Å². The number of thioether (sulfide) groups is 1. The quantitative estimate of drug-likeness (QED) is 0.797. The van der Waals surface area contributed by atoms with Gasteiger partial charge in [-0.2, -0.15) is 10.2 Å². The van der Waals surface area contributed by atoms with Crippen LogP contribution in [0.1, 0.15) is 23.4 Å². The number of para-hydroxylation sites is 1. The summed E-state index contributed by atoms with van der Waals surface area (Å²) >= 11 is 1.45. The summed E-state index contributed by atoms with van der Waals surface area (Å²) in [5, 5.41) is 12.4. The minimum atomic E-state index is -0.170. The topological polar surface area (TPSA) is 71.9 Å². The molecule has 3 rings (SSSR count). The minimum absolute atomic E-state index is 0.170. The molecule has 1 aromatic heterocycles. The van der Waals surface area contributed by atoms with Gasteiger partial charge in [0.15, 0.2) is 6.10 Å². The van der Waals surface area contributed by atoms with E-state index in [1.807, 2.05) is 24.3 Å². The van der Waals surface area contributed by atoms with Crippen LogP contribution in [0.4, 0.5) is 0 Å². The van der Waals surface area contributed by atoms with E-state index in [4.69, 9.17) is 14.5 Å². The molecule has 0 saturated heterocycles. The van der Waals surface area contributed by atoms with Gasteiger partial charge in [0.25, 0.3) is 0 Å². The van der Waals surface area contributed by atoms with E-state index in [0.29, 0.717) is 23.2 Å². The Labute approximate surface area is 114 Å². The lowest BCUT2D eigenvalue weighted by molar-refractivity contribution is 0.221. The van der Waals surface area contributed by atoms with Crippen LogP contribution in [0.5, 0.6) is 5.75 Å². The van der Waals surface area contributed by atoms with Crippen molar-refractivity contribution in [2.24, 2.45) is 0 Å². The molecular weight excluding hydrogens is 262 g/mol. The molecule has 6 heteroatoms. The second-order valence-electron chi connectivity index (χ2n) is 4.12. The summed E-state index contributed by atoms with van der Waals surface area (Å²) in [7, 11) is 0. The van der Waals surface area contributed by atoms with Crippen LogP contribution in [0.3, 0.4) is 0 Å². The summed E-state index contributed by atoms with van der Waals surface area (Å²) in [6.07, 6.45) is 0.594. The highest BCUT2D eigenvalue weighted by Gasteiger charge is 2.28. The average Bonchev–Trinajstić information content (AvgIpc) is 3.04.